The molecule has 78 valence electrons. The van der Waals surface area contributed by atoms with Crippen molar-refractivity contribution in [2.24, 2.45) is 0 Å². The van der Waals surface area contributed by atoms with E-state index in [-0.39, 0.29) is 0 Å². The van der Waals surface area contributed by atoms with Crippen LogP contribution in [0.15, 0.2) is 22.7 Å². The number of benzene rings is 1. The SMILES string of the molecule is CCCNC(C)c1cc(Br)ccc1Cl. The molecule has 1 N–H and O–H groups in total. The van der Waals surface area contributed by atoms with E-state index >= 15 is 0 Å². The van der Waals surface area contributed by atoms with Gasteiger partial charge in [-0.3, -0.25) is 0 Å². The van der Waals surface area contributed by atoms with Crippen LogP contribution in [0, 0.1) is 0 Å². The zero-order valence-electron chi connectivity index (χ0n) is 8.48. The molecule has 1 nitrogen and oxygen atoms in total. The molecule has 0 bridgehead atoms. The molecule has 0 aliphatic carbocycles. The largest absolute Gasteiger partial charge is 0.310 e. The van der Waals surface area contributed by atoms with Gasteiger partial charge >= 0.3 is 0 Å². The maximum absolute atomic E-state index is 6.11. The highest BCUT2D eigenvalue weighted by molar-refractivity contribution is 9.10. The highest BCUT2D eigenvalue weighted by Gasteiger charge is 2.08. The lowest BCUT2D eigenvalue weighted by Gasteiger charge is -2.15. The molecule has 14 heavy (non-hydrogen) atoms. The number of hydrogen-bond acceptors (Lipinski definition) is 1. The fraction of sp³-hybridized carbons (Fsp3) is 0.455. The predicted octanol–water partition coefficient (Wildman–Crippen LogP) is 4.16. The topological polar surface area (TPSA) is 12.0 Å². The third kappa shape index (κ3) is 3.26. The van der Waals surface area contributed by atoms with Gasteiger partial charge in [-0.2, -0.15) is 0 Å². The first-order valence-electron chi connectivity index (χ1n) is 4.83. The van der Waals surface area contributed by atoms with E-state index in [0.717, 1.165) is 28.0 Å². The van der Waals surface area contributed by atoms with Crippen LogP contribution in [-0.4, -0.2) is 6.54 Å². The highest BCUT2D eigenvalue weighted by Crippen LogP contribution is 2.26. The summed E-state index contributed by atoms with van der Waals surface area (Å²) in [5, 5.41) is 4.23. The number of rotatable bonds is 4. The molecule has 0 heterocycles. The first kappa shape index (κ1) is 12.0. The molecule has 0 aliphatic heterocycles. The van der Waals surface area contributed by atoms with Crippen LogP contribution in [-0.2, 0) is 0 Å². The van der Waals surface area contributed by atoms with E-state index in [2.05, 4.69) is 41.2 Å². The van der Waals surface area contributed by atoms with E-state index in [1.165, 1.54) is 0 Å². The van der Waals surface area contributed by atoms with Crippen molar-refractivity contribution in [2.45, 2.75) is 26.3 Å². The first-order chi connectivity index (χ1) is 6.65. The second kappa shape index (κ2) is 5.74. The summed E-state index contributed by atoms with van der Waals surface area (Å²) in [4.78, 5) is 0. The average molecular weight is 277 g/mol. The second-order valence-electron chi connectivity index (χ2n) is 3.34. The normalized spacial score (nSPS) is 12.9. The minimum Gasteiger partial charge on any atom is -0.310 e. The minimum atomic E-state index is 0.306. The van der Waals surface area contributed by atoms with Crippen molar-refractivity contribution in [2.75, 3.05) is 6.54 Å². The molecular weight excluding hydrogens is 261 g/mol. The van der Waals surface area contributed by atoms with E-state index in [9.17, 15) is 0 Å². The van der Waals surface area contributed by atoms with Gasteiger partial charge in [0.05, 0.1) is 0 Å². The Kier molecular flexibility index (Phi) is 4.93. The van der Waals surface area contributed by atoms with Crippen molar-refractivity contribution in [3.63, 3.8) is 0 Å². The summed E-state index contributed by atoms with van der Waals surface area (Å²) in [6, 6.07) is 6.25. The molecular formula is C11H15BrClN. The Morgan fingerprint density at radius 3 is 2.86 bits per heavy atom. The van der Waals surface area contributed by atoms with Crippen molar-refractivity contribution in [3.05, 3.63) is 33.3 Å². The molecule has 1 rings (SSSR count). The summed E-state index contributed by atoms with van der Waals surface area (Å²) < 4.78 is 1.07. The molecule has 0 fully saturated rings. The summed E-state index contributed by atoms with van der Waals surface area (Å²) in [5.74, 6) is 0. The number of halogens is 2. The van der Waals surface area contributed by atoms with Gasteiger partial charge in [-0.15, -0.1) is 0 Å². The molecule has 0 saturated carbocycles. The quantitative estimate of drug-likeness (QED) is 0.870. The Morgan fingerprint density at radius 1 is 1.50 bits per heavy atom. The Balaban J connectivity index is 2.77. The molecule has 1 atom stereocenters. The van der Waals surface area contributed by atoms with Crippen LogP contribution in [0.5, 0.6) is 0 Å². The minimum absolute atomic E-state index is 0.306. The maximum atomic E-state index is 6.11. The van der Waals surface area contributed by atoms with Crippen LogP contribution in [0.4, 0.5) is 0 Å². The van der Waals surface area contributed by atoms with Gasteiger partial charge in [0.25, 0.3) is 0 Å². The maximum Gasteiger partial charge on any atom is 0.0454 e. The van der Waals surface area contributed by atoms with Crippen molar-refractivity contribution in [3.8, 4) is 0 Å². The lowest BCUT2D eigenvalue weighted by atomic mass is 10.1. The van der Waals surface area contributed by atoms with E-state index in [4.69, 9.17) is 11.6 Å². The first-order valence-corrected chi connectivity index (χ1v) is 6.00. The van der Waals surface area contributed by atoms with Crippen LogP contribution >= 0.6 is 27.5 Å². The Bertz CT molecular complexity index is 301. The van der Waals surface area contributed by atoms with E-state index < -0.39 is 0 Å². The summed E-state index contributed by atoms with van der Waals surface area (Å²) in [6.07, 6.45) is 1.13. The van der Waals surface area contributed by atoms with E-state index in [0.29, 0.717) is 6.04 Å². The molecule has 0 radical (unpaired) electrons. The number of hydrogen-bond donors (Lipinski definition) is 1. The summed E-state index contributed by atoms with van der Waals surface area (Å²) in [7, 11) is 0. The van der Waals surface area contributed by atoms with Gasteiger partial charge in [-0.1, -0.05) is 34.5 Å². The third-order valence-corrected chi connectivity index (χ3v) is 2.96. The summed E-state index contributed by atoms with van der Waals surface area (Å²) in [5.41, 5.74) is 1.15. The molecule has 1 aromatic rings. The molecule has 1 aromatic carbocycles. The predicted molar refractivity (Wildman–Crippen MR) is 65.9 cm³/mol. The van der Waals surface area contributed by atoms with Gasteiger partial charge in [0, 0.05) is 15.5 Å². The lowest BCUT2D eigenvalue weighted by molar-refractivity contribution is 0.570. The van der Waals surface area contributed by atoms with Crippen molar-refractivity contribution < 1.29 is 0 Å². The second-order valence-corrected chi connectivity index (χ2v) is 4.66. The van der Waals surface area contributed by atoms with Crippen LogP contribution in [0.2, 0.25) is 5.02 Å². The van der Waals surface area contributed by atoms with Gasteiger partial charge in [-0.25, -0.2) is 0 Å². The Morgan fingerprint density at radius 2 is 2.21 bits per heavy atom. The van der Waals surface area contributed by atoms with E-state index in [1.54, 1.807) is 0 Å². The van der Waals surface area contributed by atoms with Crippen LogP contribution in [0.3, 0.4) is 0 Å². The van der Waals surface area contributed by atoms with Crippen molar-refractivity contribution >= 4 is 27.5 Å². The lowest BCUT2D eigenvalue weighted by Crippen LogP contribution is -2.19. The van der Waals surface area contributed by atoms with Crippen LogP contribution in [0.1, 0.15) is 31.9 Å². The third-order valence-electron chi connectivity index (χ3n) is 2.13. The van der Waals surface area contributed by atoms with Crippen LogP contribution in [0.25, 0.3) is 0 Å². The zero-order chi connectivity index (χ0) is 10.6. The van der Waals surface area contributed by atoms with Gasteiger partial charge in [-0.05, 0) is 43.7 Å². The van der Waals surface area contributed by atoms with E-state index in [1.807, 2.05) is 12.1 Å². The molecule has 0 saturated heterocycles. The van der Waals surface area contributed by atoms with Gasteiger partial charge in [0.15, 0.2) is 0 Å². The molecule has 0 aliphatic rings. The molecule has 0 aromatic heterocycles. The fourth-order valence-electron chi connectivity index (χ4n) is 1.32. The van der Waals surface area contributed by atoms with Crippen molar-refractivity contribution in [1.82, 2.24) is 5.32 Å². The molecule has 0 spiro atoms. The van der Waals surface area contributed by atoms with Crippen molar-refractivity contribution in [1.29, 1.82) is 0 Å². The average Bonchev–Trinajstić information content (AvgIpc) is 2.18. The van der Waals surface area contributed by atoms with Gasteiger partial charge in [0.2, 0.25) is 0 Å². The molecule has 1 unspecified atom stereocenters. The molecule has 3 heteroatoms. The smallest absolute Gasteiger partial charge is 0.0454 e. The highest BCUT2D eigenvalue weighted by atomic mass is 79.9. The Hall–Kier alpha value is -0.0500. The standard InChI is InChI=1S/C11H15BrClN/c1-3-6-14-8(2)10-7-9(12)4-5-11(10)13/h4-5,7-8,14H,3,6H2,1-2H3. The summed E-state index contributed by atoms with van der Waals surface area (Å²) in [6.45, 7) is 5.30. The van der Waals surface area contributed by atoms with Gasteiger partial charge < -0.3 is 5.32 Å². The monoisotopic (exact) mass is 275 g/mol. The molecule has 0 amide bonds. The fourth-order valence-corrected chi connectivity index (χ4v) is 1.98. The zero-order valence-corrected chi connectivity index (χ0v) is 10.8. The Labute approximate surface area is 99.0 Å². The van der Waals surface area contributed by atoms with Crippen LogP contribution < -0.4 is 5.32 Å². The van der Waals surface area contributed by atoms with Gasteiger partial charge in [0.1, 0.15) is 0 Å². The number of nitrogens with one attached hydrogen (secondary N) is 1. The summed E-state index contributed by atoms with van der Waals surface area (Å²) >= 11 is 9.56.